The van der Waals surface area contributed by atoms with E-state index in [4.69, 9.17) is 16.3 Å². The smallest absolute Gasteiger partial charge is 0.326 e. The number of rotatable bonds is 4. The number of hydrogen-bond donors (Lipinski definition) is 0. The Kier molecular flexibility index (Phi) is 6.34. The number of ether oxygens (including phenoxy) is 1. The van der Waals surface area contributed by atoms with E-state index in [1.807, 2.05) is 0 Å². The van der Waals surface area contributed by atoms with Gasteiger partial charge in [0.15, 0.2) is 0 Å². The number of anilines is 1. The molecule has 0 aromatic heterocycles. The van der Waals surface area contributed by atoms with Crippen LogP contribution in [0.3, 0.4) is 0 Å². The zero-order chi connectivity index (χ0) is 21.2. The van der Waals surface area contributed by atoms with Crippen LogP contribution in [0.1, 0.15) is 31.1 Å². The van der Waals surface area contributed by atoms with Crippen LogP contribution in [-0.4, -0.2) is 24.0 Å². The Morgan fingerprint density at radius 2 is 1.57 bits per heavy atom. The first-order valence-corrected chi connectivity index (χ1v) is 8.40. The van der Waals surface area contributed by atoms with Gasteiger partial charge in [0.05, 0.1) is 5.02 Å². The van der Waals surface area contributed by atoms with Gasteiger partial charge in [-0.2, -0.15) is 0 Å². The molecule has 0 atom stereocenters. The van der Waals surface area contributed by atoms with Crippen LogP contribution in [0.15, 0.2) is 30.3 Å². The third-order valence-corrected chi connectivity index (χ3v) is 3.68. The molecule has 150 valence electrons. The van der Waals surface area contributed by atoms with E-state index in [9.17, 15) is 27.2 Å². The van der Waals surface area contributed by atoms with Gasteiger partial charge >= 0.3 is 5.97 Å². The van der Waals surface area contributed by atoms with Gasteiger partial charge in [0.25, 0.3) is 5.91 Å². The van der Waals surface area contributed by atoms with Gasteiger partial charge in [0.2, 0.25) is 0 Å². The molecule has 0 saturated carbocycles. The van der Waals surface area contributed by atoms with Crippen molar-refractivity contribution in [1.82, 2.24) is 0 Å². The van der Waals surface area contributed by atoms with Crippen LogP contribution in [0.25, 0.3) is 0 Å². The van der Waals surface area contributed by atoms with Gasteiger partial charge in [0.1, 0.15) is 41.0 Å². The van der Waals surface area contributed by atoms with E-state index < -0.39 is 52.9 Å². The molecule has 0 bridgehead atoms. The van der Waals surface area contributed by atoms with Gasteiger partial charge in [-0.15, -0.1) is 0 Å². The van der Waals surface area contributed by atoms with Gasteiger partial charge in [-0.25, -0.2) is 17.6 Å². The van der Waals surface area contributed by atoms with Crippen molar-refractivity contribution in [3.63, 3.8) is 0 Å². The standard InChI is InChI=1S/C19H16ClF4NO3/c1-19(2,3)28-16(26)9-25(11-4-5-13(22)12(20)8-11)18(27)17-14(23)6-10(21)7-15(17)24/h4-8H,9H2,1-3H3. The van der Waals surface area contributed by atoms with Crippen LogP contribution < -0.4 is 4.90 Å². The molecule has 0 aliphatic carbocycles. The highest BCUT2D eigenvalue weighted by Crippen LogP contribution is 2.26. The summed E-state index contributed by atoms with van der Waals surface area (Å²) in [4.78, 5) is 25.6. The number of halogens is 5. The van der Waals surface area contributed by atoms with E-state index in [-0.39, 0.29) is 10.7 Å². The maximum Gasteiger partial charge on any atom is 0.326 e. The Morgan fingerprint density at radius 3 is 2.07 bits per heavy atom. The average molecular weight is 418 g/mol. The molecule has 9 heteroatoms. The Hall–Kier alpha value is -2.61. The zero-order valence-corrected chi connectivity index (χ0v) is 15.9. The molecule has 0 saturated heterocycles. The summed E-state index contributed by atoms with van der Waals surface area (Å²) in [5.41, 5.74) is -2.07. The van der Waals surface area contributed by atoms with Gasteiger partial charge in [0, 0.05) is 17.8 Å². The predicted octanol–water partition coefficient (Wildman–Crippen LogP) is 4.88. The highest BCUT2D eigenvalue weighted by molar-refractivity contribution is 6.31. The molecular weight excluding hydrogens is 402 g/mol. The van der Waals surface area contributed by atoms with E-state index in [2.05, 4.69) is 0 Å². The number of amides is 1. The van der Waals surface area contributed by atoms with E-state index in [0.29, 0.717) is 17.0 Å². The number of carbonyl (C=O) groups excluding carboxylic acids is 2. The van der Waals surface area contributed by atoms with Gasteiger partial charge in [-0.1, -0.05) is 11.6 Å². The van der Waals surface area contributed by atoms with Crippen LogP contribution in [-0.2, 0) is 9.53 Å². The molecule has 2 rings (SSSR count). The predicted molar refractivity (Wildman–Crippen MR) is 95.2 cm³/mol. The average Bonchev–Trinajstić information content (AvgIpc) is 2.52. The molecule has 0 heterocycles. The molecule has 0 unspecified atom stereocenters. The van der Waals surface area contributed by atoms with Crippen LogP contribution in [0.5, 0.6) is 0 Å². The molecule has 0 aliphatic rings. The van der Waals surface area contributed by atoms with E-state index >= 15 is 0 Å². The lowest BCUT2D eigenvalue weighted by atomic mass is 10.1. The number of benzene rings is 2. The van der Waals surface area contributed by atoms with E-state index in [0.717, 1.165) is 18.2 Å². The van der Waals surface area contributed by atoms with Gasteiger partial charge in [-0.05, 0) is 39.0 Å². The zero-order valence-electron chi connectivity index (χ0n) is 15.2. The van der Waals surface area contributed by atoms with Crippen LogP contribution >= 0.6 is 11.6 Å². The van der Waals surface area contributed by atoms with Crippen LogP contribution in [0.4, 0.5) is 23.2 Å². The highest BCUT2D eigenvalue weighted by atomic mass is 35.5. The van der Waals surface area contributed by atoms with Crippen molar-refractivity contribution in [2.75, 3.05) is 11.4 Å². The molecule has 2 aromatic rings. The lowest BCUT2D eigenvalue weighted by Gasteiger charge is -2.26. The second-order valence-electron chi connectivity index (χ2n) is 6.82. The molecule has 28 heavy (non-hydrogen) atoms. The first-order valence-electron chi connectivity index (χ1n) is 8.02. The Balaban J connectivity index is 2.50. The summed E-state index contributed by atoms with van der Waals surface area (Å²) in [6, 6.07) is 3.70. The fourth-order valence-corrected chi connectivity index (χ4v) is 2.49. The Morgan fingerprint density at radius 1 is 1.00 bits per heavy atom. The molecule has 0 radical (unpaired) electrons. The number of hydrogen-bond acceptors (Lipinski definition) is 3. The van der Waals surface area contributed by atoms with E-state index in [1.165, 1.54) is 0 Å². The second kappa shape index (κ2) is 8.18. The summed E-state index contributed by atoms with van der Waals surface area (Å²) in [5, 5.41) is -0.375. The molecule has 0 spiro atoms. The number of esters is 1. The van der Waals surface area contributed by atoms with Crippen molar-refractivity contribution in [3.8, 4) is 0 Å². The number of nitrogens with zero attached hydrogens (tertiary/aromatic N) is 1. The fourth-order valence-electron chi connectivity index (χ4n) is 2.32. The lowest BCUT2D eigenvalue weighted by Crippen LogP contribution is -2.39. The van der Waals surface area contributed by atoms with Crippen molar-refractivity contribution >= 4 is 29.2 Å². The minimum Gasteiger partial charge on any atom is -0.459 e. The monoisotopic (exact) mass is 417 g/mol. The quantitative estimate of drug-likeness (QED) is 0.526. The van der Waals surface area contributed by atoms with Crippen molar-refractivity contribution in [3.05, 3.63) is 64.2 Å². The molecule has 1 amide bonds. The molecule has 0 fully saturated rings. The molecule has 4 nitrogen and oxygen atoms in total. The third kappa shape index (κ3) is 5.22. The maximum atomic E-state index is 14.1. The maximum absolute atomic E-state index is 14.1. The second-order valence-corrected chi connectivity index (χ2v) is 7.23. The first kappa shape index (κ1) is 21.7. The summed E-state index contributed by atoms with van der Waals surface area (Å²) in [6.45, 7) is 4.02. The van der Waals surface area contributed by atoms with Gasteiger partial charge in [-0.3, -0.25) is 14.5 Å². The van der Waals surface area contributed by atoms with E-state index in [1.54, 1.807) is 20.8 Å². The minimum atomic E-state index is -1.45. The Bertz CT molecular complexity index is 905. The summed E-state index contributed by atoms with van der Waals surface area (Å²) in [5.74, 6) is -7.09. The number of carbonyl (C=O) groups is 2. The lowest BCUT2D eigenvalue weighted by molar-refractivity contribution is -0.152. The van der Waals surface area contributed by atoms with Crippen LogP contribution in [0.2, 0.25) is 5.02 Å². The van der Waals surface area contributed by atoms with Gasteiger partial charge < -0.3 is 4.74 Å². The van der Waals surface area contributed by atoms with Crippen molar-refractivity contribution < 1.29 is 31.9 Å². The summed E-state index contributed by atoms with van der Waals surface area (Å²) < 4.78 is 59.8. The van der Waals surface area contributed by atoms with Crippen molar-refractivity contribution in [2.45, 2.75) is 26.4 Å². The van der Waals surface area contributed by atoms with Crippen molar-refractivity contribution in [1.29, 1.82) is 0 Å². The third-order valence-electron chi connectivity index (χ3n) is 3.39. The minimum absolute atomic E-state index is 0.106. The largest absolute Gasteiger partial charge is 0.459 e. The summed E-state index contributed by atoms with van der Waals surface area (Å²) >= 11 is 5.71. The molecule has 0 N–H and O–H groups in total. The SMILES string of the molecule is CC(C)(C)OC(=O)CN(C(=O)c1c(F)cc(F)cc1F)c1ccc(F)c(Cl)c1. The summed E-state index contributed by atoms with van der Waals surface area (Å²) in [6.07, 6.45) is 0. The Labute approximate surface area is 163 Å². The normalized spacial score (nSPS) is 11.3. The highest BCUT2D eigenvalue weighted by Gasteiger charge is 2.29. The summed E-state index contributed by atoms with van der Waals surface area (Å²) in [7, 11) is 0. The first-order chi connectivity index (χ1) is 12.9. The molecular formula is C19H16ClF4NO3. The molecule has 0 aliphatic heterocycles. The van der Waals surface area contributed by atoms with Crippen LogP contribution in [0, 0.1) is 23.3 Å². The fraction of sp³-hybridized carbons (Fsp3) is 0.263. The molecule has 2 aromatic carbocycles. The topological polar surface area (TPSA) is 46.6 Å². The van der Waals surface area contributed by atoms with Crippen molar-refractivity contribution in [2.24, 2.45) is 0 Å².